The first-order chi connectivity index (χ1) is 16.0. The average Bonchev–Trinajstić information content (AvgIpc) is 3.32. The number of likely N-dealkylation sites (tertiary alicyclic amines) is 1. The number of phenolic OH excluding ortho intramolecular Hbond substituents is 1. The Kier molecular flexibility index (Phi) is 5.96. The van der Waals surface area contributed by atoms with Crippen molar-refractivity contribution >= 4 is 21.5 Å². The Hall–Kier alpha value is -3.08. The molecular weight excluding hydrogens is 410 g/mol. The van der Waals surface area contributed by atoms with Gasteiger partial charge in [0, 0.05) is 6.54 Å². The Morgan fingerprint density at radius 3 is 2.42 bits per heavy atom. The Morgan fingerprint density at radius 1 is 0.939 bits per heavy atom. The largest absolute Gasteiger partial charge is 0.508 e. The molecule has 0 aromatic heterocycles. The van der Waals surface area contributed by atoms with Crippen LogP contribution in [0, 0.1) is 6.92 Å². The number of fused-ring (bicyclic) bond motifs is 3. The van der Waals surface area contributed by atoms with Gasteiger partial charge in [0.1, 0.15) is 18.1 Å². The summed E-state index contributed by atoms with van der Waals surface area (Å²) in [5.41, 5.74) is 4.08. The highest BCUT2D eigenvalue weighted by Crippen LogP contribution is 2.39. The fourth-order valence-corrected chi connectivity index (χ4v) is 5.04. The summed E-state index contributed by atoms with van der Waals surface area (Å²) in [6.45, 7) is 7.86. The molecule has 0 spiro atoms. The van der Waals surface area contributed by atoms with Gasteiger partial charge in [0.15, 0.2) is 0 Å². The molecule has 1 aliphatic rings. The number of aliphatic hydroxyl groups excluding tert-OH is 1. The van der Waals surface area contributed by atoms with Gasteiger partial charge in [-0.15, -0.1) is 0 Å². The van der Waals surface area contributed by atoms with Crippen molar-refractivity contribution in [3.8, 4) is 22.6 Å². The van der Waals surface area contributed by atoms with Crippen LogP contribution in [0.3, 0.4) is 0 Å². The SMILES string of the molecule is Cc1cc(O)cc2cc(-c3ccc(OCCN4CCCC4)cc3)c3cc(C(C)O)ccc3c12. The quantitative estimate of drug-likeness (QED) is 0.350. The highest BCUT2D eigenvalue weighted by molar-refractivity contribution is 6.15. The number of aliphatic hydroxyl groups is 1. The number of aryl methyl sites for hydroxylation is 1. The number of aromatic hydroxyl groups is 1. The molecule has 0 saturated carbocycles. The minimum atomic E-state index is -0.537. The van der Waals surface area contributed by atoms with Crippen LogP contribution >= 0.6 is 0 Å². The number of rotatable bonds is 6. The highest BCUT2D eigenvalue weighted by atomic mass is 16.5. The van der Waals surface area contributed by atoms with Gasteiger partial charge in [0.05, 0.1) is 6.10 Å². The summed E-state index contributed by atoms with van der Waals surface area (Å²) < 4.78 is 5.99. The van der Waals surface area contributed by atoms with Gasteiger partial charge in [0.2, 0.25) is 0 Å². The third-order valence-electron chi connectivity index (χ3n) is 6.78. The molecule has 0 bridgehead atoms. The smallest absolute Gasteiger partial charge is 0.119 e. The molecule has 1 aliphatic heterocycles. The molecule has 170 valence electrons. The fraction of sp³-hybridized carbons (Fsp3) is 0.310. The molecule has 1 fully saturated rings. The van der Waals surface area contributed by atoms with Gasteiger partial charge in [-0.25, -0.2) is 0 Å². The molecule has 1 unspecified atom stereocenters. The van der Waals surface area contributed by atoms with Crippen molar-refractivity contribution in [2.45, 2.75) is 32.8 Å². The van der Waals surface area contributed by atoms with Gasteiger partial charge >= 0.3 is 0 Å². The lowest BCUT2D eigenvalue weighted by Crippen LogP contribution is -2.25. The van der Waals surface area contributed by atoms with Crippen molar-refractivity contribution in [2.75, 3.05) is 26.2 Å². The van der Waals surface area contributed by atoms with Gasteiger partial charge in [-0.05, 0) is 120 Å². The molecule has 1 atom stereocenters. The van der Waals surface area contributed by atoms with E-state index in [4.69, 9.17) is 4.74 Å². The molecule has 5 rings (SSSR count). The molecule has 4 aromatic carbocycles. The maximum Gasteiger partial charge on any atom is 0.119 e. The second-order valence-corrected chi connectivity index (χ2v) is 9.19. The van der Waals surface area contributed by atoms with E-state index >= 15 is 0 Å². The Balaban J connectivity index is 1.53. The van der Waals surface area contributed by atoms with Crippen LogP contribution < -0.4 is 4.74 Å². The van der Waals surface area contributed by atoms with Crippen LogP contribution in [0.2, 0.25) is 0 Å². The molecule has 33 heavy (non-hydrogen) atoms. The first kappa shape index (κ1) is 21.7. The van der Waals surface area contributed by atoms with E-state index in [1.807, 2.05) is 31.2 Å². The number of ether oxygens (including phenoxy) is 1. The van der Waals surface area contributed by atoms with Crippen molar-refractivity contribution in [1.82, 2.24) is 4.90 Å². The minimum Gasteiger partial charge on any atom is -0.508 e. The van der Waals surface area contributed by atoms with E-state index in [0.717, 1.165) is 56.1 Å². The maximum absolute atomic E-state index is 10.2. The van der Waals surface area contributed by atoms with Crippen LogP contribution in [0.15, 0.2) is 60.7 Å². The number of phenols is 1. The van der Waals surface area contributed by atoms with E-state index in [9.17, 15) is 10.2 Å². The normalized spacial score (nSPS) is 15.4. The van der Waals surface area contributed by atoms with Crippen molar-refractivity contribution in [2.24, 2.45) is 0 Å². The molecule has 4 nitrogen and oxygen atoms in total. The molecule has 4 heteroatoms. The molecule has 4 aromatic rings. The van der Waals surface area contributed by atoms with Gasteiger partial charge in [0.25, 0.3) is 0 Å². The molecular formula is C29H31NO3. The summed E-state index contributed by atoms with van der Waals surface area (Å²) >= 11 is 0. The lowest BCUT2D eigenvalue weighted by atomic mass is 9.90. The van der Waals surface area contributed by atoms with Crippen LogP contribution in [0.4, 0.5) is 0 Å². The Morgan fingerprint density at radius 2 is 1.70 bits per heavy atom. The van der Waals surface area contributed by atoms with Crippen LogP contribution in [-0.2, 0) is 0 Å². The van der Waals surface area contributed by atoms with Crippen molar-refractivity contribution < 1.29 is 14.9 Å². The summed E-state index contributed by atoms with van der Waals surface area (Å²) in [5.74, 6) is 1.15. The fourth-order valence-electron chi connectivity index (χ4n) is 5.04. The van der Waals surface area contributed by atoms with E-state index in [-0.39, 0.29) is 5.75 Å². The predicted octanol–water partition coefficient (Wildman–Crippen LogP) is 6.20. The van der Waals surface area contributed by atoms with Crippen LogP contribution in [0.25, 0.3) is 32.7 Å². The van der Waals surface area contributed by atoms with Gasteiger partial charge in [-0.1, -0.05) is 24.3 Å². The average molecular weight is 442 g/mol. The maximum atomic E-state index is 10.2. The summed E-state index contributed by atoms with van der Waals surface area (Å²) in [5, 5.41) is 24.8. The molecule has 0 radical (unpaired) electrons. The lowest BCUT2D eigenvalue weighted by molar-refractivity contribution is 0.199. The third kappa shape index (κ3) is 4.41. The molecule has 1 saturated heterocycles. The van der Waals surface area contributed by atoms with Gasteiger partial charge in [-0.2, -0.15) is 0 Å². The molecule has 2 N–H and O–H groups in total. The van der Waals surface area contributed by atoms with Crippen molar-refractivity contribution in [3.05, 3.63) is 71.8 Å². The first-order valence-corrected chi connectivity index (χ1v) is 11.8. The third-order valence-corrected chi connectivity index (χ3v) is 6.78. The lowest BCUT2D eigenvalue weighted by Gasteiger charge is -2.16. The zero-order chi connectivity index (χ0) is 22.9. The van der Waals surface area contributed by atoms with Crippen LogP contribution in [-0.4, -0.2) is 41.4 Å². The van der Waals surface area contributed by atoms with E-state index in [1.165, 1.54) is 25.9 Å². The van der Waals surface area contributed by atoms with Crippen molar-refractivity contribution in [3.63, 3.8) is 0 Å². The predicted molar refractivity (Wildman–Crippen MR) is 135 cm³/mol. The molecule has 0 aliphatic carbocycles. The number of nitrogens with zero attached hydrogens (tertiary/aromatic N) is 1. The summed E-state index contributed by atoms with van der Waals surface area (Å²) in [6, 6.07) is 20.2. The van der Waals surface area contributed by atoms with Crippen LogP contribution in [0.5, 0.6) is 11.5 Å². The van der Waals surface area contributed by atoms with E-state index in [0.29, 0.717) is 6.61 Å². The Labute approximate surface area is 195 Å². The first-order valence-electron chi connectivity index (χ1n) is 11.8. The van der Waals surface area contributed by atoms with Gasteiger partial charge < -0.3 is 14.9 Å². The monoisotopic (exact) mass is 441 g/mol. The standard InChI is InChI=1S/C29H31NO3/c1-19-15-24(32)16-23-18-27(28-17-22(20(2)31)7-10-26(28)29(19)23)21-5-8-25(9-6-21)33-14-13-30-11-3-4-12-30/h5-10,15-18,20,31-32H,3-4,11-14H2,1-2H3. The van der Waals surface area contributed by atoms with Crippen LogP contribution in [0.1, 0.15) is 37.0 Å². The van der Waals surface area contributed by atoms with E-state index in [2.05, 4.69) is 35.2 Å². The molecule has 0 amide bonds. The zero-order valence-electron chi connectivity index (χ0n) is 19.3. The second-order valence-electron chi connectivity index (χ2n) is 9.19. The topological polar surface area (TPSA) is 52.9 Å². The zero-order valence-corrected chi connectivity index (χ0v) is 19.3. The Bertz CT molecular complexity index is 1290. The summed E-state index contributed by atoms with van der Waals surface area (Å²) in [6.07, 6.45) is 2.05. The van der Waals surface area contributed by atoms with E-state index < -0.39 is 6.10 Å². The van der Waals surface area contributed by atoms with Gasteiger partial charge in [-0.3, -0.25) is 4.90 Å². The summed E-state index contributed by atoms with van der Waals surface area (Å²) in [7, 11) is 0. The minimum absolute atomic E-state index is 0.271. The number of hydrogen-bond donors (Lipinski definition) is 2. The molecule has 1 heterocycles. The number of hydrogen-bond acceptors (Lipinski definition) is 4. The second kappa shape index (κ2) is 9.05. The van der Waals surface area contributed by atoms with Crippen molar-refractivity contribution in [1.29, 1.82) is 0 Å². The number of benzene rings is 4. The highest BCUT2D eigenvalue weighted by Gasteiger charge is 2.14. The van der Waals surface area contributed by atoms with E-state index in [1.54, 1.807) is 13.0 Å². The summed E-state index contributed by atoms with van der Waals surface area (Å²) in [4.78, 5) is 2.45.